The van der Waals surface area contributed by atoms with Gasteiger partial charge in [0.25, 0.3) is 0 Å². The summed E-state index contributed by atoms with van der Waals surface area (Å²) in [5, 5.41) is 0. The highest BCUT2D eigenvalue weighted by molar-refractivity contribution is 5.71. The van der Waals surface area contributed by atoms with Crippen LogP contribution in [0.5, 0.6) is 5.75 Å². The Hall–Kier alpha value is -1.51. The molecule has 3 nitrogen and oxygen atoms in total. The fourth-order valence-corrected chi connectivity index (χ4v) is 1.03. The van der Waals surface area contributed by atoms with Crippen LogP contribution in [0, 0.1) is 0 Å². The summed E-state index contributed by atoms with van der Waals surface area (Å²) in [6, 6.07) is 9.22. The predicted octanol–water partition coefficient (Wildman–Crippen LogP) is 2.41. The van der Waals surface area contributed by atoms with Crippen molar-refractivity contribution in [3.8, 4) is 5.75 Å². The lowest BCUT2D eigenvalue weighted by molar-refractivity contribution is -0.146. The molecular formula is C12H16O3. The van der Waals surface area contributed by atoms with Gasteiger partial charge in [0, 0.05) is 0 Å². The van der Waals surface area contributed by atoms with Crippen molar-refractivity contribution < 1.29 is 14.3 Å². The molecule has 0 saturated carbocycles. The summed E-state index contributed by atoms with van der Waals surface area (Å²) < 4.78 is 10.2. The smallest absolute Gasteiger partial charge is 0.344 e. The molecule has 0 bridgehead atoms. The number of unbranched alkanes of at least 4 members (excludes halogenated alkanes) is 1. The Bertz CT molecular complexity index is 282. The van der Waals surface area contributed by atoms with E-state index < -0.39 is 0 Å². The van der Waals surface area contributed by atoms with Crippen LogP contribution in [0.25, 0.3) is 0 Å². The number of hydrogen-bond donors (Lipinski definition) is 0. The molecule has 82 valence electrons. The van der Waals surface area contributed by atoms with Crippen molar-refractivity contribution in [2.45, 2.75) is 19.8 Å². The minimum absolute atomic E-state index is 0.0201. The summed E-state index contributed by atoms with van der Waals surface area (Å²) in [6.45, 7) is 2.51. The maximum atomic E-state index is 11.1. The van der Waals surface area contributed by atoms with Crippen LogP contribution in [-0.2, 0) is 9.53 Å². The van der Waals surface area contributed by atoms with Crippen LogP contribution in [-0.4, -0.2) is 19.2 Å². The standard InChI is InChI=1S/C12H16O3/c1-2-3-9-14-12(13)10-15-11-7-5-4-6-8-11/h4-8H,2-3,9-10H2,1H3. The van der Waals surface area contributed by atoms with Crippen molar-refractivity contribution in [1.29, 1.82) is 0 Å². The Morgan fingerprint density at radius 3 is 2.67 bits per heavy atom. The molecule has 0 radical (unpaired) electrons. The Labute approximate surface area is 90.0 Å². The lowest BCUT2D eigenvalue weighted by Gasteiger charge is -2.05. The zero-order chi connectivity index (χ0) is 10.9. The largest absolute Gasteiger partial charge is 0.482 e. The zero-order valence-electron chi connectivity index (χ0n) is 8.94. The third-order valence-corrected chi connectivity index (χ3v) is 1.86. The lowest BCUT2D eigenvalue weighted by Crippen LogP contribution is -2.15. The fraction of sp³-hybridized carbons (Fsp3) is 0.417. The highest BCUT2D eigenvalue weighted by atomic mass is 16.6. The summed E-state index contributed by atoms with van der Waals surface area (Å²) in [6.07, 6.45) is 1.92. The van der Waals surface area contributed by atoms with Gasteiger partial charge in [0.1, 0.15) is 5.75 Å². The van der Waals surface area contributed by atoms with Crippen molar-refractivity contribution in [2.75, 3.05) is 13.2 Å². The quantitative estimate of drug-likeness (QED) is 0.532. The van der Waals surface area contributed by atoms with E-state index in [9.17, 15) is 4.79 Å². The van der Waals surface area contributed by atoms with E-state index in [1.54, 1.807) is 12.1 Å². The second-order valence-electron chi connectivity index (χ2n) is 3.18. The van der Waals surface area contributed by atoms with Crippen LogP contribution < -0.4 is 4.74 Å². The van der Waals surface area contributed by atoms with E-state index in [2.05, 4.69) is 0 Å². The van der Waals surface area contributed by atoms with Crippen LogP contribution in [0.3, 0.4) is 0 Å². The first-order chi connectivity index (χ1) is 7.33. The van der Waals surface area contributed by atoms with Gasteiger partial charge in [-0.3, -0.25) is 0 Å². The number of carbonyl (C=O) groups is 1. The molecule has 0 unspecified atom stereocenters. The Morgan fingerprint density at radius 1 is 1.27 bits per heavy atom. The number of rotatable bonds is 6. The molecule has 1 rings (SSSR count). The Morgan fingerprint density at radius 2 is 2.00 bits per heavy atom. The molecule has 0 atom stereocenters. The van der Waals surface area contributed by atoms with Crippen molar-refractivity contribution in [1.82, 2.24) is 0 Å². The van der Waals surface area contributed by atoms with Crippen LogP contribution >= 0.6 is 0 Å². The molecule has 0 N–H and O–H groups in total. The number of ether oxygens (including phenoxy) is 2. The number of benzene rings is 1. The van der Waals surface area contributed by atoms with Gasteiger partial charge in [-0.15, -0.1) is 0 Å². The average molecular weight is 208 g/mol. The van der Waals surface area contributed by atoms with E-state index in [0.29, 0.717) is 12.4 Å². The van der Waals surface area contributed by atoms with E-state index in [1.165, 1.54) is 0 Å². The number of hydrogen-bond acceptors (Lipinski definition) is 3. The van der Waals surface area contributed by atoms with Gasteiger partial charge in [-0.25, -0.2) is 4.79 Å². The summed E-state index contributed by atoms with van der Waals surface area (Å²) in [5.41, 5.74) is 0. The van der Waals surface area contributed by atoms with E-state index >= 15 is 0 Å². The fourth-order valence-electron chi connectivity index (χ4n) is 1.03. The molecule has 0 aliphatic heterocycles. The van der Waals surface area contributed by atoms with Crippen molar-refractivity contribution in [3.05, 3.63) is 30.3 Å². The molecule has 0 spiro atoms. The molecule has 0 amide bonds. The molecule has 0 aliphatic carbocycles. The number of para-hydroxylation sites is 1. The van der Waals surface area contributed by atoms with Crippen LogP contribution in [0.4, 0.5) is 0 Å². The van der Waals surface area contributed by atoms with Gasteiger partial charge in [-0.05, 0) is 18.6 Å². The van der Waals surface area contributed by atoms with Gasteiger partial charge in [0.15, 0.2) is 6.61 Å². The first kappa shape index (κ1) is 11.6. The second kappa shape index (κ2) is 6.87. The van der Waals surface area contributed by atoms with Gasteiger partial charge < -0.3 is 9.47 Å². The van der Waals surface area contributed by atoms with E-state index in [-0.39, 0.29) is 12.6 Å². The van der Waals surface area contributed by atoms with Gasteiger partial charge in [-0.1, -0.05) is 31.5 Å². The molecule has 0 aliphatic rings. The molecule has 15 heavy (non-hydrogen) atoms. The van der Waals surface area contributed by atoms with Gasteiger partial charge in [0.05, 0.1) is 6.61 Å². The molecule has 0 fully saturated rings. The van der Waals surface area contributed by atoms with Crippen LogP contribution in [0.15, 0.2) is 30.3 Å². The monoisotopic (exact) mass is 208 g/mol. The van der Waals surface area contributed by atoms with Crippen LogP contribution in [0.1, 0.15) is 19.8 Å². The van der Waals surface area contributed by atoms with E-state index in [1.807, 2.05) is 25.1 Å². The SMILES string of the molecule is CCCCOC(=O)COc1ccccc1. The first-order valence-corrected chi connectivity index (χ1v) is 5.16. The Balaban J connectivity index is 2.17. The van der Waals surface area contributed by atoms with E-state index in [4.69, 9.17) is 9.47 Å². The average Bonchev–Trinajstić information content (AvgIpc) is 2.28. The van der Waals surface area contributed by atoms with Gasteiger partial charge >= 0.3 is 5.97 Å². The summed E-state index contributed by atoms with van der Waals surface area (Å²) in [4.78, 5) is 11.1. The summed E-state index contributed by atoms with van der Waals surface area (Å²) in [7, 11) is 0. The van der Waals surface area contributed by atoms with Crippen molar-refractivity contribution in [2.24, 2.45) is 0 Å². The molecule has 0 heterocycles. The highest BCUT2D eigenvalue weighted by Crippen LogP contribution is 2.07. The number of carbonyl (C=O) groups excluding carboxylic acids is 1. The van der Waals surface area contributed by atoms with Crippen LogP contribution in [0.2, 0.25) is 0 Å². The Kier molecular flexibility index (Phi) is 5.30. The minimum atomic E-state index is -0.313. The molecule has 1 aromatic carbocycles. The normalized spacial score (nSPS) is 9.67. The summed E-state index contributed by atoms with van der Waals surface area (Å²) >= 11 is 0. The lowest BCUT2D eigenvalue weighted by atomic mass is 10.3. The van der Waals surface area contributed by atoms with Crippen molar-refractivity contribution in [3.63, 3.8) is 0 Å². The van der Waals surface area contributed by atoms with Gasteiger partial charge in [-0.2, -0.15) is 0 Å². The zero-order valence-corrected chi connectivity index (χ0v) is 8.94. The minimum Gasteiger partial charge on any atom is -0.482 e. The predicted molar refractivity (Wildman–Crippen MR) is 57.8 cm³/mol. The van der Waals surface area contributed by atoms with Crippen molar-refractivity contribution >= 4 is 5.97 Å². The summed E-state index contributed by atoms with van der Waals surface area (Å²) in [5.74, 6) is 0.372. The maximum Gasteiger partial charge on any atom is 0.344 e. The van der Waals surface area contributed by atoms with E-state index in [0.717, 1.165) is 12.8 Å². The molecule has 0 saturated heterocycles. The van der Waals surface area contributed by atoms with Gasteiger partial charge in [0.2, 0.25) is 0 Å². The second-order valence-corrected chi connectivity index (χ2v) is 3.18. The highest BCUT2D eigenvalue weighted by Gasteiger charge is 2.02. The molecular weight excluding hydrogens is 192 g/mol. The topological polar surface area (TPSA) is 35.5 Å². The molecule has 3 heteroatoms. The maximum absolute atomic E-state index is 11.1. The molecule has 1 aromatic rings. The molecule has 0 aromatic heterocycles. The third-order valence-electron chi connectivity index (χ3n) is 1.86. The number of esters is 1. The third kappa shape index (κ3) is 5.05. The first-order valence-electron chi connectivity index (χ1n) is 5.16.